The first-order chi connectivity index (χ1) is 9.95. The number of nitrogens with zero attached hydrogens (tertiary/aromatic N) is 1. The number of benzene rings is 1. The summed E-state index contributed by atoms with van der Waals surface area (Å²) in [5.74, 6) is -1.52. The van der Waals surface area contributed by atoms with E-state index in [4.69, 9.17) is 0 Å². The van der Waals surface area contributed by atoms with Crippen molar-refractivity contribution >= 4 is 16.8 Å². The van der Waals surface area contributed by atoms with E-state index in [9.17, 15) is 18.0 Å². The zero-order chi connectivity index (χ0) is 15.0. The number of rotatable bonds is 1. The lowest BCUT2D eigenvalue weighted by Gasteiger charge is -2.32. The van der Waals surface area contributed by atoms with Crippen LogP contribution in [0.2, 0.25) is 0 Å². The van der Waals surface area contributed by atoms with Gasteiger partial charge in [-0.15, -0.1) is 0 Å². The van der Waals surface area contributed by atoms with Crippen molar-refractivity contribution in [2.45, 2.75) is 19.0 Å². The number of hydrogen-bond acceptors (Lipinski definition) is 1. The molecule has 1 amide bonds. The van der Waals surface area contributed by atoms with E-state index < -0.39 is 12.1 Å². The molecule has 1 fully saturated rings. The average molecular weight is 296 g/mol. The number of aromatic amines is 1. The van der Waals surface area contributed by atoms with Gasteiger partial charge in [0.25, 0.3) is 5.91 Å². The number of alkyl halides is 3. The van der Waals surface area contributed by atoms with Gasteiger partial charge in [-0.05, 0) is 25.0 Å². The molecule has 0 bridgehead atoms. The fraction of sp³-hybridized carbons (Fsp3) is 0.400. The molecule has 1 aromatic heterocycles. The van der Waals surface area contributed by atoms with E-state index in [0.717, 1.165) is 10.9 Å². The number of likely N-dealkylation sites (tertiary alicyclic amines) is 1. The molecule has 21 heavy (non-hydrogen) atoms. The summed E-state index contributed by atoms with van der Waals surface area (Å²) >= 11 is 0. The smallest absolute Gasteiger partial charge is 0.351 e. The summed E-state index contributed by atoms with van der Waals surface area (Å²) in [5.41, 5.74) is 1.28. The number of fused-ring (bicyclic) bond motifs is 1. The molecule has 2 aromatic rings. The van der Waals surface area contributed by atoms with Gasteiger partial charge < -0.3 is 9.88 Å². The van der Waals surface area contributed by atoms with Gasteiger partial charge in [0.1, 0.15) is 5.69 Å². The van der Waals surface area contributed by atoms with Gasteiger partial charge in [-0.3, -0.25) is 4.79 Å². The van der Waals surface area contributed by atoms with Gasteiger partial charge in [-0.2, -0.15) is 13.2 Å². The maximum atomic E-state index is 12.6. The summed E-state index contributed by atoms with van der Waals surface area (Å²) < 4.78 is 37.9. The Morgan fingerprint density at radius 2 is 1.86 bits per heavy atom. The summed E-state index contributed by atoms with van der Waals surface area (Å²) in [4.78, 5) is 16.9. The number of halogens is 3. The molecule has 1 aliphatic rings. The Balaban J connectivity index is 1.72. The van der Waals surface area contributed by atoms with Crippen molar-refractivity contribution in [3.63, 3.8) is 0 Å². The molecule has 1 saturated heterocycles. The molecule has 112 valence electrons. The van der Waals surface area contributed by atoms with E-state index >= 15 is 0 Å². The third-order valence-corrected chi connectivity index (χ3v) is 4.01. The second-order valence-corrected chi connectivity index (χ2v) is 5.38. The standard InChI is InChI=1S/C15H15F3N2O/c16-15(17,18)11-5-7-20(8-6-11)14(21)13-9-10-3-1-2-4-12(10)19-13/h1-4,9,11,19H,5-8H2. The van der Waals surface area contributed by atoms with Crippen LogP contribution in [0.25, 0.3) is 10.9 Å². The van der Waals surface area contributed by atoms with E-state index in [1.165, 1.54) is 4.90 Å². The normalized spacial score (nSPS) is 17.4. The first kappa shape index (κ1) is 14.0. The maximum absolute atomic E-state index is 12.6. The van der Waals surface area contributed by atoms with Crippen molar-refractivity contribution in [1.29, 1.82) is 0 Å². The van der Waals surface area contributed by atoms with Crippen LogP contribution < -0.4 is 0 Å². The maximum Gasteiger partial charge on any atom is 0.391 e. The molecule has 2 heterocycles. The number of piperidine rings is 1. The van der Waals surface area contributed by atoms with Gasteiger partial charge in [0, 0.05) is 24.0 Å². The number of carbonyl (C=O) groups is 1. The summed E-state index contributed by atoms with van der Waals surface area (Å²) in [6.45, 7) is 0.302. The highest BCUT2D eigenvalue weighted by Gasteiger charge is 2.41. The van der Waals surface area contributed by atoms with Crippen LogP contribution in [-0.2, 0) is 0 Å². The Bertz CT molecular complexity index is 621. The Morgan fingerprint density at radius 3 is 2.48 bits per heavy atom. The van der Waals surface area contributed by atoms with Crippen LogP contribution in [-0.4, -0.2) is 35.1 Å². The van der Waals surface area contributed by atoms with Gasteiger partial charge >= 0.3 is 6.18 Å². The van der Waals surface area contributed by atoms with Crippen LogP contribution in [0.3, 0.4) is 0 Å². The van der Waals surface area contributed by atoms with Crippen LogP contribution in [0.1, 0.15) is 23.3 Å². The fourth-order valence-electron chi connectivity index (χ4n) is 2.77. The Labute approximate surface area is 119 Å². The molecule has 0 unspecified atom stereocenters. The molecule has 3 nitrogen and oxygen atoms in total. The quantitative estimate of drug-likeness (QED) is 0.858. The predicted molar refractivity (Wildman–Crippen MR) is 73.0 cm³/mol. The number of para-hydroxylation sites is 1. The number of hydrogen-bond donors (Lipinski definition) is 1. The molecular weight excluding hydrogens is 281 g/mol. The average Bonchev–Trinajstić information content (AvgIpc) is 2.89. The zero-order valence-corrected chi connectivity index (χ0v) is 11.3. The van der Waals surface area contributed by atoms with Crippen molar-refractivity contribution in [2.75, 3.05) is 13.1 Å². The van der Waals surface area contributed by atoms with Gasteiger partial charge in [0.05, 0.1) is 5.92 Å². The summed E-state index contributed by atoms with van der Waals surface area (Å²) in [6.07, 6.45) is -4.19. The van der Waals surface area contributed by atoms with E-state index in [1.807, 2.05) is 24.3 Å². The SMILES string of the molecule is O=C(c1cc2ccccc2[nH]1)N1CCC(C(F)(F)F)CC1. The molecule has 0 radical (unpaired) electrons. The Kier molecular flexibility index (Phi) is 3.39. The predicted octanol–water partition coefficient (Wildman–Crippen LogP) is 3.58. The molecular formula is C15H15F3N2O. The van der Waals surface area contributed by atoms with Crippen molar-refractivity contribution in [2.24, 2.45) is 5.92 Å². The number of amides is 1. The van der Waals surface area contributed by atoms with Gasteiger partial charge in [0.2, 0.25) is 0 Å². The van der Waals surface area contributed by atoms with Gasteiger partial charge in [-0.1, -0.05) is 18.2 Å². The summed E-state index contributed by atoms with van der Waals surface area (Å²) in [6, 6.07) is 9.23. The van der Waals surface area contributed by atoms with Crippen LogP contribution >= 0.6 is 0 Å². The molecule has 1 aromatic carbocycles. The minimum absolute atomic E-state index is 0.0184. The highest BCUT2D eigenvalue weighted by atomic mass is 19.4. The molecule has 1 aliphatic heterocycles. The topological polar surface area (TPSA) is 36.1 Å². The third-order valence-electron chi connectivity index (χ3n) is 4.01. The van der Waals surface area contributed by atoms with E-state index in [0.29, 0.717) is 5.69 Å². The summed E-state index contributed by atoms with van der Waals surface area (Å²) in [5, 5.41) is 0.922. The second-order valence-electron chi connectivity index (χ2n) is 5.38. The highest BCUT2D eigenvalue weighted by molar-refractivity contribution is 5.98. The van der Waals surface area contributed by atoms with Gasteiger partial charge in [-0.25, -0.2) is 0 Å². The van der Waals surface area contributed by atoms with Crippen molar-refractivity contribution in [1.82, 2.24) is 9.88 Å². The first-order valence-corrected chi connectivity index (χ1v) is 6.89. The lowest BCUT2D eigenvalue weighted by molar-refractivity contribution is -0.183. The lowest BCUT2D eigenvalue weighted by Crippen LogP contribution is -2.42. The zero-order valence-electron chi connectivity index (χ0n) is 11.3. The molecule has 0 aliphatic carbocycles. The van der Waals surface area contributed by atoms with Crippen LogP contribution in [0.15, 0.2) is 30.3 Å². The van der Waals surface area contributed by atoms with E-state index in [2.05, 4.69) is 4.98 Å². The van der Waals surface area contributed by atoms with E-state index in [1.54, 1.807) is 6.07 Å². The Morgan fingerprint density at radius 1 is 1.19 bits per heavy atom. The lowest BCUT2D eigenvalue weighted by atomic mass is 9.96. The minimum Gasteiger partial charge on any atom is -0.351 e. The fourth-order valence-corrected chi connectivity index (χ4v) is 2.77. The monoisotopic (exact) mass is 296 g/mol. The van der Waals surface area contributed by atoms with Crippen LogP contribution in [0, 0.1) is 5.92 Å². The summed E-state index contributed by atoms with van der Waals surface area (Å²) in [7, 11) is 0. The van der Waals surface area contributed by atoms with Crippen LogP contribution in [0.5, 0.6) is 0 Å². The molecule has 0 atom stereocenters. The van der Waals surface area contributed by atoms with Crippen molar-refractivity contribution < 1.29 is 18.0 Å². The number of H-pyrrole nitrogens is 1. The molecule has 3 rings (SSSR count). The third kappa shape index (κ3) is 2.75. The van der Waals surface area contributed by atoms with Crippen molar-refractivity contribution in [3.8, 4) is 0 Å². The number of nitrogens with one attached hydrogen (secondary N) is 1. The molecule has 1 N–H and O–H groups in total. The molecule has 0 saturated carbocycles. The second kappa shape index (κ2) is 5.09. The van der Waals surface area contributed by atoms with Gasteiger partial charge in [0.15, 0.2) is 0 Å². The molecule has 6 heteroatoms. The van der Waals surface area contributed by atoms with Crippen molar-refractivity contribution in [3.05, 3.63) is 36.0 Å². The molecule has 0 spiro atoms. The highest BCUT2D eigenvalue weighted by Crippen LogP contribution is 2.34. The minimum atomic E-state index is -4.16. The van der Waals surface area contributed by atoms with Crippen LogP contribution in [0.4, 0.5) is 13.2 Å². The van der Waals surface area contributed by atoms with E-state index in [-0.39, 0.29) is 31.8 Å². The first-order valence-electron chi connectivity index (χ1n) is 6.89. The number of aromatic nitrogens is 1. The largest absolute Gasteiger partial charge is 0.391 e. The Hall–Kier alpha value is -1.98. The number of carbonyl (C=O) groups excluding carboxylic acids is 1.